The second-order valence-corrected chi connectivity index (χ2v) is 3.87. The molecule has 0 aliphatic heterocycles. The Bertz CT molecular complexity index is 325. The van der Waals surface area contributed by atoms with Gasteiger partial charge < -0.3 is 10.0 Å². The topological polar surface area (TPSA) is 49.2 Å². The first-order chi connectivity index (χ1) is 7.35. The molecule has 1 heterocycles. The molecule has 15 heavy (non-hydrogen) atoms. The number of aliphatic hydroxyl groups excluding tert-OH is 1. The van der Waals surface area contributed by atoms with Crippen molar-refractivity contribution in [3.63, 3.8) is 0 Å². The Morgan fingerprint density at radius 1 is 1.47 bits per heavy atom. The molecule has 1 aromatic rings. The van der Waals surface area contributed by atoms with Gasteiger partial charge in [0.15, 0.2) is 0 Å². The van der Waals surface area contributed by atoms with Gasteiger partial charge in [-0.2, -0.15) is 0 Å². The highest BCUT2D eigenvalue weighted by Crippen LogP contribution is 2.30. The molecule has 1 saturated carbocycles. The molecule has 1 aliphatic carbocycles. The van der Waals surface area contributed by atoms with Crippen LogP contribution in [0.4, 0.5) is 5.82 Å². The van der Waals surface area contributed by atoms with Crippen LogP contribution in [0.25, 0.3) is 0 Å². The molecule has 4 heteroatoms. The fourth-order valence-corrected chi connectivity index (χ4v) is 1.71. The third kappa shape index (κ3) is 2.45. The minimum atomic E-state index is 0.183. The van der Waals surface area contributed by atoms with Crippen molar-refractivity contribution < 1.29 is 5.11 Å². The normalized spacial score (nSPS) is 15.3. The lowest BCUT2D eigenvalue weighted by atomic mass is 10.3. The monoisotopic (exact) mass is 207 g/mol. The van der Waals surface area contributed by atoms with Gasteiger partial charge in [-0.1, -0.05) is 6.92 Å². The summed E-state index contributed by atoms with van der Waals surface area (Å²) in [5, 5.41) is 9.02. The summed E-state index contributed by atoms with van der Waals surface area (Å²) < 4.78 is 0. The molecule has 0 amide bonds. The zero-order chi connectivity index (χ0) is 10.7. The highest BCUT2D eigenvalue weighted by molar-refractivity contribution is 5.41. The molecule has 0 atom stereocenters. The number of aliphatic hydroxyl groups is 1. The van der Waals surface area contributed by atoms with Crippen molar-refractivity contribution in [2.24, 2.45) is 0 Å². The van der Waals surface area contributed by atoms with E-state index < -0.39 is 0 Å². The van der Waals surface area contributed by atoms with Crippen LogP contribution >= 0.6 is 0 Å². The first-order valence-electron chi connectivity index (χ1n) is 5.53. The molecule has 0 aromatic carbocycles. The Morgan fingerprint density at radius 3 is 2.87 bits per heavy atom. The van der Waals surface area contributed by atoms with Crippen molar-refractivity contribution in [3.8, 4) is 0 Å². The quantitative estimate of drug-likeness (QED) is 0.782. The summed E-state index contributed by atoms with van der Waals surface area (Å²) in [4.78, 5) is 10.6. The minimum absolute atomic E-state index is 0.183. The molecule has 82 valence electrons. The smallest absolute Gasteiger partial charge is 0.132 e. The lowest BCUT2D eigenvalue weighted by Crippen LogP contribution is -2.29. The van der Waals surface area contributed by atoms with E-state index in [1.807, 2.05) is 6.07 Å². The lowest BCUT2D eigenvalue weighted by Gasteiger charge is -2.22. The molecular formula is C11H17N3O. The van der Waals surface area contributed by atoms with E-state index in [1.165, 1.54) is 12.8 Å². The van der Waals surface area contributed by atoms with Crippen LogP contribution < -0.4 is 4.90 Å². The number of nitrogens with zero attached hydrogens (tertiary/aromatic N) is 3. The largest absolute Gasteiger partial charge is 0.395 e. The van der Waals surface area contributed by atoms with Crippen molar-refractivity contribution in [1.82, 2.24) is 9.97 Å². The zero-order valence-corrected chi connectivity index (χ0v) is 9.06. The summed E-state index contributed by atoms with van der Waals surface area (Å²) in [5.41, 5.74) is 1.06. The van der Waals surface area contributed by atoms with Gasteiger partial charge in [0.25, 0.3) is 0 Å². The minimum Gasteiger partial charge on any atom is -0.395 e. The molecule has 2 rings (SSSR count). The number of aryl methyl sites for hydroxylation is 1. The molecule has 0 saturated heterocycles. The third-order valence-corrected chi connectivity index (χ3v) is 2.69. The Balaban J connectivity index is 2.16. The SMILES string of the molecule is CCc1cc(N(CCO)C2CC2)ncn1. The van der Waals surface area contributed by atoms with Gasteiger partial charge in [0, 0.05) is 24.3 Å². The van der Waals surface area contributed by atoms with E-state index in [0.29, 0.717) is 12.6 Å². The average Bonchev–Trinajstić information content (AvgIpc) is 3.10. The van der Waals surface area contributed by atoms with Crippen molar-refractivity contribution in [2.45, 2.75) is 32.2 Å². The standard InChI is InChI=1S/C11H17N3O/c1-2-9-7-11(13-8-12-9)14(5-6-15)10-3-4-10/h7-8,10,15H,2-6H2,1H3. The van der Waals surface area contributed by atoms with Crippen molar-refractivity contribution in [3.05, 3.63) is 18.1 Å². The van der Waals surface area contributed by atoms with E-state index >= 15 is 0 Å². The fraction of sp³-hybridized carbons (Fsp3) is 0.636. The lowest BCUT2D eigenvalue weighted by molar-refractivity contribution is 0.301. The summed E-state index contributed by atoms with van der Waals surface area (Å²) in [6, 6.07) is 2.60. The van der Waals surface area contributed by atoms with Crippen LogP contribution in [0.15, 0.2) is 12.4 Å². The average molecular weight is 207 g/mol. The van der Waals surface area contributed by atoms with Gasteiger partial charge in [0.2, 0.25) is 0 Å². The second-order valence-electron chi connectivity index (χ2n) is 3.87. The highest BCUT2D eigenvalue weighted by Gasteiger charge is 2.29. The maximum Gasteiger partial charge on any atom is 0.132 e. The Kier molecular flexibility index (Phi) is 3.16. The molecule has 1 N–H and O–H groups in total. The molecule has 0 spiro atoms. The number of rotatable bonds is 5. The van der Waals surface area contributed by atoms with Gasteiger partial charge >= 0.3 is 0 Å². The first-order valence-corrected chi connectivity index (χ1v) is 5.53. The predicted octanol–water partition coefficient (Wildman–Crippen LogP) is 1.00. The number of aromatic nitrogens is 2. The van der Waals surface area contributed by atoms with Crippen LogP contribution in [-0.4, -0.2) is 34.3 Å². The summed E-state index contributed by atoms with van der Waals surface area (Å²) in [5.74, 6) is 0.957. The number of anilines is 1. The van der Waals surface area contributed by atoms with E-state index in [-0.39, 0.29) is 6.61 Å². The Morgan fingerprint density at radius 2 is 2.27 bits per heavy atom. The van der Waals surface area contributed by atoms with E-state index in [1.54, 1.807) is 6.33 Å². The number of hydrogen-bond donors (Lipinski definition) is 1. The van der Waals surface area contributed by atoms with E-state index in [2.05, 4.69) is 21.8 Å². The van der Waals surface area contributed by atoms with Gasteiger partial charge in [-0.25, -0.2) is 9.97 Å². The summed E-state index contributed by atoms with van der Waals surface area (Å²) in [6.07, 6.45) is 4.96. The van der Waals surface area contributed by atoms with Crippen molar-refractivity contribution in [1.29, 1.82) is 0 Å². The van der Waals surface area contributed by atoms with E-state index in [9.17, 15) is 0 Å². The zero-order valence-electron chi connectivity index (χ0n) is 9.06. The molecule has 0 unspecified atom stereocenters. The van der Waals surface area contributed by atoms with E-state index in [4.69, 9.17) is 5.11 Å². The molecular weight excluding hydrogens is 190 g/mol. The van der Waals surface area contributed by atoms with Crippen LogP contribution in [-0.2, 0) is 6.42 Å². The Hall–Kier alpha value is -1.16. The summed E-state index contributed by atoms with van der Waals surface area (Å²) in [7, 11) is 0. The fourth-order valence-electron chi connectivity index (χ4n) is 1.71. The molecule has 0 bridgehead atoms. The molecule has 1 aliphatic rings. The van der Waals surface area contributed by atoms with Gasteiger partial charge in [-0.05, 0) is 19.3 Å². The highest BCUT2D eigenvalue weighted by atomic mass is 16.3. The second kappa shape index (κ2) is 4.57. The summed E-state index contributed by atoms with van der Waals surface area (Å²) >= 11 is 0. The van der Waals surface area contributed by atoms with Crippen LogP contribution in [0.5, 0.6) is 0 Å². The molecule has 1 aromatic heterocycles. The number of hydrogen-bond acceptors (Lipinski definition) is 4. The predicted molar refractivity (Wildman–Crippen MR) is 58.9 cm³/mol. The van der Waals surface area contributed by atoms with Crippen molar-refractivity contribution >= 4 is 5.82 Å². The molecule has 1 fully saturated rings. The van der Waals surface area contributed by atoms with Gasteiger partial charge in [0.05, 0.1) is 6.61 Å². The van der Waals surface area contributed by atoms with Crippen LogP contribution in [0.1, 0.15) is 25.5 Å². The van der Waals surface area contributed by atoms with Crippen LogP contribution in [0.3, 0.4) is 0 Å². The molecule has 4 nitrogen and oxygen atoms in total. The maximum absolute atomic E-state index is 9.02. The van der Waals surface area contributed by atoms with Crippen LogP contribution in [0, 0.1) is 0 Å². The van der Waals surface area contributed by atoms with Crippen molar-refractivity contribution in [2.75, 3.05) is 18.1 Å². The summed E-state index contributed by atoms with van der Waals surface area (Å²) in [6.45, 7) is 2.94. The Labute approximate surface area is 90.0 Å². The van der Waals surface area contributed by atoms with Gasteiger partial charge in [-0.15, -0.1) is 0 Å². The van der Waals surface area contributed by atoms with Gasteiger partial charge in [-0.3, -0.25) is 0 Å². The third-order valence-electron chi connectivity index (χ3n) is 2.69. The maximum atomic E-state index is 9.02. The molecule has 0 radical (unpaired) electrons. The first kappa shape index (κ1) is 10.4. The van der Waals surface area contributed by atoms with Crippen LogP contribution in [0.2, 0.25) is 0 Å². The van der Waals surface area contributed by atoms with Gasteiger partial charge in [0.1, 0.15) is 12.1 Å². The van der Waals surface area contributed by atoms with E-state index in [0.717, 1.165) is 17.9 Å².